The van der Waals surface area contributed by atoms with Gasteiger partial charge in [0.15, 0.2) is 0 Å². The molecule has 8 nitrogen and oxygen atoms in total. The Morgan fingerprint density at radius 2 is 1.69 bits per heavy atom. The van der Waals surface area contributed by atoms with Gasteiger partial charge in [-0.2, -0.15) is 5.10 Å². The average molecular weight is 435 g/mol. The van der Waals surface area contributed by atoms with Crippen molar-refractivity contribution < 1.29 is 28.2 Å². The number of para-hydroxylation sites is 1. The van der Waals surface area contributed by atoms with Crippen molar-refractivity contribution in [3.63, 3.8) is 0 Å². The SMILES string of the molecule is COc1ccccc1C(=O)Oc1cccc(/C=N/NC(=O)C(=O)Nc2ccc(F)cc2)c1. The van der Waals surface area contributed by atoms with E-state index in [0.717, 1.165) is 12.1 Å². The molecule has 32 heavy (non-hydrogen) atoms. The zero-order valence-electron chi connectivity index (χ0n) is 16.9. The maximum Gasteiger partial charge on any atom is 0.347 e. The number of benzene rings is 3. The number of esters is 1. The van der Waals surface area contributed by atoms with Crippen LogP contribution >= 0.6 is 0 Å². The Morgan fingerprint density at radius 3 is 2.44 bits per heavy atom. The van der Waals surface area contributed by atoms with E-state index in [0.29, 0.717) is 11.3 Å². The first-order valence-electron chi connectivity index (χ1n) is 9.31. The van der Waals surface area contributed by atoms with E-state index in [9.17, 15) is 18.8 Å². The number of methoxy groups -OCH3 is 1. The van der Waals surface area contributed by atoms with Crippen LogP contribution in [-0.2, 0) is 9.59 Å². The van der Waals surface area contributed by atoms with Gasteiger partial charge in [0, 0.05) is 5.69 Å². The molecule has 2 N–H and O–H groups in total. The summed E-state index contributed by atoms with van der Waals surface area (Å²) in [7, 11) is 1.46. The van der Waals surface area contributed by atoms with Crippen LogP contribution in [0.15, 0.2) is 77.9 Å². The first-order chi connectivity index (χ1) is 15.5. The van der Waals surface area contributed by atoms with Crippen molar-refractivity contribution in [1.82, 2.24) is 5.43 Å². The van der Waals surface area contributed by atoms with Gasteiger partial charge in [0.1, 0.15) is 22.9 Å². The number of halogens is 1. The highest BCUT2D eigenvalue weighted by atomic mass is 19.1. The van der Waals surface area contributed by atoms with E-state index in [1.807, 2.05) is 0 Å². The minimum Gasteiger partial charge on any atom is -0.496 e. The van der Waals surface area contributed by atoms with Crippen molar-refractivity contribution in [1.29, 1.82) is 0 Å². The predicted molar refractivity (Wildman–Crippen MR) is 115 cm³/mol. The van der Waals surface area contributed by atoms with Gasteiger partial charge in [-0.05, 0) is 54.1 Å². The third-order valence-electron chi connectivity index (χ3n) is 4.08. The van der Waals surface area contributed by atoms with Crippen LogP contribution in [0, 0.1) is 5.82 Å². The molecule has 0 radical (unpaired) electrons. The summed E-state index contributed by atoms with van der Waals surface area (Å²) < 4.78 is 23.4. The Labute approximate surface area is 182 Å². The Balaban J connectivity index is 1.58. The molecule has 0 unspecified atom stereocenters. The summed E-state index contributed by atoms with van der Waals surface area (Å²) in [5.41, 5.74) is 3.13. The van der Waals surface area contributed by atoms with Crippen LogP contribution in [0.2, 0.25) is 0 Å². The second kappa shape index (κ2) is 10.5. The van der Waals surface area contributed by atoms with E-state index in [-0.39, 0.29) is 17.0 Å². The molecule has 0 aliphatic heterocycles. The molecule has 3 aromatic carbocycles. The molecule has 0 spiro atoms. The fourth-order valence-electron chi connectivity index (χ4n) is 2.57. The van der Waals surface area contributed by atoms with Crippen LogP contribution in [0.5, 0.6) is 11.5 Å². The molecule has 3 aromatic rings. The van der Waals surface area contributed by atoms with Gasteiger partial charge in [0.05, 0.1) is 13.3 Å². The number of hydrogen-bond donors (Lipinski definition) is 2. The summed E-state index contributed by atoms with van der Waals surface area (Å²) >= 11 is 0. The van der Waals surface area contributed by atoms with Gasteiger partial charge in [-0.15, -0.1) is 0 Å². The third-order valence-corrected chi connectivity index (χ3v) is 4.08. The standard InChI is InChI=1S/C23H18FN3O5/c1-31-20-8-3-2-7-19(20)23(30)32-18-6-4-5-15(13-18)14-25-27-22(29)21(28)26-17-11-9-16(24)10-12-17/h2-14H,1H3,(H,26,28)(H,27,29)/b25-14+. The van der Waals surface area contributed by atoms with E-state index in [1.165, 1.54) is 31.5 Å². The lowest BCUT2D eigenvalue weighted by Crippen LogP contribution is -2.32. The summed E-state index contributed by atoms with van der Waals surface area (Å²) in [6.45, 7) is 0. The largest absolute Gasteiger partial charge is 0.496 e. The number of carbonyl (C=O) groups is 3. The quantitative estimate of drug-likeness (QED) is 0.203. The third kappa shape index (κ3) is 5.99. The first-order valence-corrected chi connectivity index (χ1v) is 9.31. The average Bonchev–Trinajstić information content (AvgIpc) is 2.80. The summed E-state index contributed by atoms with van der Waals surface area (Å²) in [4.78, 5) is 36.1. The highest BCUT2D eigenvalue weighted by molar-refractivity contribution is 6.39. The molecule has 0 aromatic heterocycles. The van der Waals surface area contributed by atoms with Crippen LogP contribution in [0.3, 0.4) is 0 Å². The Bertz CT molecular complexity index is 1160. The Hall–Kier alpha value is -4.53. The van der Waals surface area contributed by atoms with E-state index in [2.05, 4.69) is 15.8 Å². The number of hydrazone groups is 1. The Kier molecular flexibility index (Phi) is 7.26. The molecule has 0 heterocycles. The summed E-state index contributed by atoms with van der Waals surface area (Å²) in [6, 6.07) is 18.0. The highest BCUT2D eigenvalue weighted by Gasteiger charge is 2.14. The van der Waals surface area contributed by atoms with Crippen molar-refractivity contribution in [3.8, 4) is 11.5 Å². The second-order valence-corrected chi connectivity index (χ2v) is 6.32. The zero-order valence-corrected chi connectivity index (χ0v) is 16.9. The van der Waals surface area contributed by atoms with Crippen LogP contribution < -0.4 is 20.2 Å². The van der Waals surface area contributed by atoms with E-state index >= 15 is 0 Å². The minimum atomic E-state index is -1.01. The fourth-order valence-corrected chi connectivity index (χ4v) is 2.57. The molecule has 0 fully saturated rings. The Morgan fingerprint density at radius 1 is 0.938 bits per heavy atom. The molecule has 0 saturated carbocycles. The van der Waals surface area contributed by atoms with Crippen molar-refractivity contribution in [3.05, 3.63) is 89.7 Å². The molecule has 162 valence electrons. The molecule has 0 saturated heterocycles. The van der Waals surface area contributed by atoms with Crippen molar-refractivity contribution in [2.24, 2.45) is 5.10 Å². The molecule has 3 rings (SSSR count). The zero-order chi connectivity index (χ0) is 22.9. The van der Waals surface area contributed by atoms with E-state index in [1.54, 1.807) is 42.5 Å². The maximum absolute atomic E-state index is 12.9. The number of hydrogen-bond acceptors (Lipinski definition) is 6. The van der Waals surface area contributed by atoms with Gasteiger partial charge < -0.3 is 14.8 Å². The molecular formula is C23H18FN3O5. The normalized spacial score (nSPS) is 10.4. The molecular weight excluding hydrogens is 417 g/mol. The number of ether oxygens (including phenoxy) is 2. The van der Waals surface area contributed by atoms with Gasteiger partial charge in [0.2, 0.25) is 0 Å². The number of anilines is 1. The highest BCUT2D eigenvalue weighted by Crippen LogP contribution is 2.20. The molecule has 0 aliphatic carbocycles. The number of carbonyl (C=O) groups excluding carboxylic acids is 3. The van der Waals surface area contributed by atoms with Gasteiger partial charge >= 0.3 is 17.8 Å². The lowest BCUT2D eigenvalue weighted by Gasteiger charge is -2.08. The topological polar surface area (TPSA) is 106 Å². The summed E-state index contributed by atoms with van der Waals surface area (Å²) in [6.07, 6.45) is 1.28. The molecule has 0 bridgehead atoms. The van der Waals surface area contributed by atoms with Crippen LogP contribution in [0.4, 0.5) is 10.1 Å². The molecule has 9 heteroatoms. The van der Waals surface area contributed by atoms with Gasteiger partial charge in [0.25, 0.3) is 0 Å². The first kappa shape index (κ1) is 22.2. The number of nitrogens with zero attached hydrogens (tertiary/aromatic N) is 1. The van der Waals surface area contributed by atoms with Crippen LogP contribution in [0.1, 0.15) is 15.9 Å². The van der Waals surface area contributed by atoms with Gasteiger partial charge in [-0.25, -0.2) is 14.6 Å². The number of rotatable bonds is 6. The molecule has 2 amide bonds. The molecule has 0 atom stereocenters. The second-order valence-electron chi connectivity index (χ2n) is 6.32. The smallest absolute Gasteiger partial charge is 0.347 e. The van der Waals surface area contributed by atoms with Crippen molar-refractivity contribution in [2.75, 3.05) is 12.4 Å². The number of amides is 2. The van der Waals surface area contributed by atoms with E-state index < -0.39 is 23.6 Å². The fraction of sp³-hybridized carbons (Fsp3) is 0.0435. The predicted octanol–water partition coefficient (Wildman–Crippen LogP) is 3.14. The van der Waals surface area contributed by atoms with Crippen LogP contribution in [0.25, 0.3) is 0 Å². The van der Waals surface area contributed by atoms with E-state index in [4.69, 9.17) is 9.47 Å². The van der Waals surface area contributed by atoms with Crippen molar-refractivity contribution in [2.45, 2.75) is 0 Å². The monoisotopic (exact) mass is 435 g/mol. The minimum absolute atomic E-state index is 0.255. The van der Waals surface area contributed by atoms with Crippen LogP contribution in [-0.4, -0.2) is 31.1 Å². The lowest BCUT2D eigenvalue weighted by atomic mass is 10.2. The van der Waals surface area contributed by atoms with Crippen molar-refractivity contribution >= 4 is 29.7 Å². The van der Waals surface area contributed by atoms with Gasteiger partial charge in [-0.3, -0.25) is 9.59 Å². The number of nitrogens with one attached hydrogen (secondary N) is 2. The molecule has 0 aliphatic rings. The van der Waals surface area contributed by atoms with Gasteiger partial charge in [-0.1, -0.05) is 24.3 Å². The lowest BCUT2D eigenvalue weighted by molar-refractivity contribution is -0.136. The summed E-state index contributed by atoms with van der Waals surface area (Å²) in [5.74, 6) is -2.39. The summed E-state index contributed by atoms with van der Waals surface area (Å²) in [5, 5.41) is 6.03. The maximum atomic E-state index is 12.9.